The van der Waals surface area contributed by atoms with Crippen molar-refractivity contribution in [2.75, 3.05) is 0 Å². The molecule has 0 spiro atoms. The van der Waals surface area contributed by atoms with Crippen LogP contribution < -0.4 is 0 Å². The summed E-state index contributed by atoms with van der Waals surface area (Å²) in [4.78, 5) is 41.0. The first kappa shape index (κ1) is 14.6. The topological polar surface area (TPSA) is 77.2 Å². The van der Waals surface area contributed by atoms with Gasteiger partial charge in [-0.15, -0.1) is 0 Å². The van der Waals surface area contributed by atoms with Crippen LogP contribution in [0.25, 0.3) is 11.1 Å². The first-order valence-corrected chi connectivity index (χ1v) is 7.51. The summed E-state index contributed by atoms with van der Waals surface area (Å²) in [5, 5.41) is 0. The molecule has 0 saturated heterocycles. The SMILES string of the molecule is CCc1nc2c(C)c(C(=O)C3C(=O)CCCC3=O)ccc2o1. The molecule has 0 aliphatic heterocycles. The maximum Gasteiger partial charge on any atom is 0.195 e. The van der Waals surface area contributed by atoms with Crippen molar-refractivity contribution in [1.82, 2.24) is 4.98 Å². The lowest BCUT2D eigenvalue weighted by atomic mass is 9.81. The normalized spacial score (nSPS) is 16.5. The third kappa shape index (κ3) is 2.26. The summed E-state index contributed by atoms with van der Waals surface area (Å²) in [6, 6.07) is 3.30. The Morgan fingerprint density at radius 1 is 1.27 bits per heavy atom. The maximum absolute atomic E-state index is 12.7. The molecule has 5 nitrogen and oxygen atoms in total. The predicted octanol–water partition coefficient (Wildman–Crippen LogP) is 2.82. The molecule has 2 aromatic rings. The van der Waals surface area contributed by atoms with Crippen LogP contribution in [0, 0.1) is 12.8 Å². The molecule has 5 heteroatoms. The molecule has 0 unspecified atom stereocenters. The van der Waals surface area contributed by atoms with Gasteiger partial charge < -0.3 is 4.42 Å². The summed E-state index contributed by atoms with van der Waals surface area (Å²) in [6.45, 7) is 3.71. The van der Waals surface area contributed by atoms with Crippen LogP contribution in [0.4, 0.5) is 0 Å². The van der Waals surface area contributed by atoms with Gasteiger partial charge in [0.25, 0.3) is 0 Å². The fraction of sp³-hybridized carbons (Fsp3) is 0.412. The highest BCUT2D eigenvalue weighted by Gasteiger charge is 2.37. The van der Waals surface area contributed by atoms with Crippen LogP contribution in [0.1, 0.15) is 48.0 Å². The highest BCUT2D eigenvalue weighted by molar-refractivity contribution is 6.25. The Hall–Kier alpha value is -2.30. The summed E-state index contributed by atoms with van der Waals surface area (Å²) in [5.41, 5.74) is 2.29. The van der Waals surface area contributed by atoms with Gasteiger partial charge in [0.2, 0.25) is 0 Å². The van der Waals surface area contributed by atoms with E-state index in [0.29, 0.717) is 53.8 Å². The fourth-order valence-electron chi connectivity index (χ4n) is 2.94. The average Bonchev–Trinajstić information content (AvgIpc) is 2.91. The molecule has 0 N–H and O–H groups in total. The zero-order valence-corrected chi connectivity index (χ0v) is 12.6. The molecule has 0 atom stereocenters. The molecule has 22 heavy (non-hydrogen) atoms. The summed E-state index contributed by atoms with van der Waals surface area (Å²) >= 11 is 0. The van der Waals surface area contributed by atoms with Gasteiger partial charge in [-0.05, 0) is 31.0 Å². The number of carbonyl (C=O) groups excluding carboxylic acids is 3. The second-order valence-corrected chi connectivity index (χ2v) is 5.63. The van der Waals surface area contributed by atoms with Gasteiger partial charge in [0.1, 0.15) is 11.4 Å². The summed E-state index contributed by atoms with van der Waals surface area (Å²) in [5.74, 6) is -1.48. The minimum absolute atomic E-state index is 0.268. The van der Waals surface area contributed by atoms with Crippen molar-refractivity contribution in [3.63, 3.8) is 0 Å². The number of Topliss-reactive ketones (excluding diaryl/α,β-unsaturated/α-hetero) is 3. The average molecular weight is 299 g/mol. The number of ketones is 3. The first-order valence-electron chi connectivity index (χ1n) is 7.51. The lowest BCUT2D eigenvalue weighted by Gasteiger charge is -2.18. The van der Waals surface area contributed by atoms with E-state index < -0.39 is 11.7 Å². The molecule has 1 aliphatic rings. The van der Waals surface area contributed by atoms with Gasteiger partial charge in [0.15, 0.2) is 28.8 Å². The molecule has 1 aliphatic carbocycles. The van der Waals surface area contributed by atoms with Gasteiger partial charge >= 0.3 is 0 Å². The first-order chi connectivity index (χ1) is 10.5. The Bertz CT molecular complexity index is 771. The number of nitrogens with zero attached hydrogens (tertiary/aromatic N) is 1. The predicted molar refractivity (Wildman–Crippen MR) is 79.8 cm³/mol. The van der Waals surface area contributed by atoms with E-state index in [2.05, 4.69) is 4.98 Å². The van der Waals surface area contributed by atoms with Crippen LogP contribution in [0.3, 0.4) is 0 Å². The van der Waals surface area contributed by atoms with Crippen LogP contribution in [-0.2, 0) is 16.0 Å². The van der Waals surface area contributed by atoms with Gasteiger partial charge in [-0.25, -0.2) is 4.98 Å². The van der Waals surface area contributed by atoms with Crippen molar-refractivity contribution in [2.45, 2.75) is 39.5 Å². The molecule has 114 valence electrons. The number of aryl methyl sites for hydroxylation is 2. The minimum Gasteiger partial charge on any atom is -0.441 e. The van der Waals surface area contributed by atoms with E-state index >= 15 is 0 Å². The van der Waals surface area contributed by atoms with E-state index in [-0.39, 0.29) is 11.6 Å². The lowest BCUT2D eigenvalue weighted by Crippen LogP contribution is -2.35. The van der Waals surface area contributed by atoms with Gasteiger partial charge in [-0.3, -0.25) is 14.4 Å². The van der Waals surface area contributed by atoms with Crippen molar-refractivity contribution < 1.29 is 18.8 Å². The van der Waals surface area contributed by atoms with Crippen LogP contribution in [0.15, 0.2) is 16.5 Å². The van der Waals surface area contributed by atoms with Crippen molar-refractivity contribution >= 4 is 28.4 Å². The molecule has 1 saturated carbocycles. The molecule has 1 aromatic heterocycles. The van der Waals surface area contributed by atoms with Crippen molar-refractivity contribution in [3.05, 3.63) is 29.2 Å². The standard InChI is InChI=1S/C17H17NO4/c1-3-14-18-16-9(2)10(7-8-13(16)22-14)17(21)15-11(19)5-4-6-12(15)20/h7-8,15H,3-6H2,1-2H3. The van der Waals surface area contributed by atoms with Crippen LogP contribution >= 0.6 is 0 Å². The zero-order chi connectivity index (χ0) is 15.9. The Balaban J connectivity index is 2.05. The molecule has 3 rings (SSSR count). The third-order valence-electron chi connectivity index (χ3n) is 4.18. The zero-order valence-electron chi connectivity index (χ0n) is 12.6. The second-order valence-electron chi connectivity index (χ2n) is 5.63. The Kier molecular flexibility index (Phi) is 3.64. The van der Waals surface area contributed by atoms with E-state index in [0.717, 1.165) is 0 Å². The molecule has 0 bridgehead atoms. The van der Waals surface area contributed by atoms with E-state index in [4.69, 9.17) is 4.42 Å². The van der Waals surface area contributed by atoms with Crippen molar-refractivity contribution in [1.29, 1.82) is 0 Å². The maximum atomic E-state index is 12.7. The van der Waals surface area contributed by atoms with Gasteiger partial charge in [0, 0.05) is 24.8 Å². The highest BCUT2D eigenvalue weighted by Crippen LogP contribution is 2.27. The molecule has 0 amide bonds. The fourth-order valence-corrected chi connectivity index (χ4v) is 2.94. The number of rotatable bonds is 3. The quantitative estimate of drug-likeness (QED) is 0.643. The molecule has 1 heterocycles. The monoisotopic (exact) mass is 299 g/mol. The third-order valence-corrected chi connectivity index (χ3v) is 4.18. The lowest BCUT2D eigenvalue weighted by molar-refractivity contribution is -0.133. The summed E-state index contributed by atoms with van der Waals surface area (Å²) in [6.07, 6.45) is 1.81. The van der Waals surface area contributed by atoms with Gasteiger partial charge in [-0.2, -0.15) is 0 Å². The largest absolute Gasteiger partial charge is 0.441 e. The number of oxazole rings is 1. The smallest absolute Gasteiger partial charge is 0.195 e. The Labute approximate surface area is 127 Å². The number of hydrogen-bond acceptors (Lipinski definition) is 5. The highest BCUT2D eigenvalue weighted by atomic mass is 16.3. The van der Waals surface area contributed by atoms with Gasteiger partial charge in [-0.1, -0.05) is 6.92 Å². The Morgan fingerprint density at radius 3 is 2.59 bits per heavy atom. The van der Waals surface area contributed by atoms with Crippen molar-refractivity contribution in [3.8, 4) is 0 Å². The van der Waals surface area contributed by atoms with E-state index in [9.17, 15) is 14.4 Å². The van der Waals surface area contributed by atoms with Crippen molar-refractivity contribution in [2.24, 2.45) is 5.92 Å². The van der Waals surface area contributed by atoms with E-state index in [1.807, 2.05) is 6.92 Å². The number of hydrogen-bond donors (Lipinski definition) is 0. The molecular formula is C17H17NO4. The number of benzene rings is 1. The van der Waals surface area contributed by atoms with E-state index in [1.165, 1.54) is 0 Å². The van der Waals surface area contributed by atoms with Crippen LogP contribution in [-0.4, -0.2) is 22.3 Å². The van der Waals surface area contributed by atoms with Gasteiger partial charge in [0.05, 0.1) is 0 Å². The summed E-state index contributed by atoms with van der Waals surface area (Å²) in [7, 11) is 0. The number of carbonyl (C=O) groups is 3. The van der Waals surface area contributed by atoms with Crippen LogP contribution in [0.2, 0.25) is 0 Å². The second kappa shape index (κ2) is 5.48. The number of fused-ring (bicyclic) bond motifs is 1. The summed E-state index contributed by atoms with van der Waals surface area (Å²) < 4.78 is 5.56. The van der Waals surface area contributed by atoms with E-state index in [1.54, 1.807) is 19.1 Å². The molecular weight excluding hydrogens is 282 g/mol. The Morgan fingerprint density at radius 2 is 1.95 bits per heavy atom. The van der Waals surface area contributed by atoms with Crippen LogP contribution in [0.5, 0.6) is 0 Å². The molecule has 0 radical (unpaired) electrons. The number of aromatic nitrogens is 1. The molecule has 1 fully saturated rings. The minimum atomic E-state index is -1.14. The molecule has 1 aromatic carbocycles.